The summed E-state index contributed by atoms with van der Waals surface area (Å²) in [4.78, 5) is 2.49. The molecule has 1 rings (SSSR count). The molecular formula is C14H27N3. The van der Waals surface area contributed by atoms with Crippen molar-refractivity contribution in [1.29, 1.82) is 5.26 Å². The van der Waals surface area contributed by atoms with Crippen molar-refractivity contribution in [2.75, 3.05) is 13.1 Å². The maximum absolute atomic E-state index is 8.97. The maximum Gasteiger partial charge on any atom is 0.102 e. The summed E-state index contributed by atoms with van der Waals surface area (Å²) in [5, 5.41) is 8.97. The normalized spacial score (nSPS) is 25.9. The van der Waals surface area contributed by atoms with Gasteiger partial charge in [0.2, 0.25) is 0 Å². The van der Waals surface area contributed by atoms with Gasteiger partial charge in [-0.3, -0.25) is 0 Å². The Bertz CT molecular complexity index is 282. The highest BCUT2D eigenvalue weighted by Crippen LogP contribution is 2.35. The predicted molar refractivity (Wildman–Crippen MR) is 71.5 cm³/mol. The fraction of sp³-hybridized carbons (Fsp3) is 0.929. The Hall–Kier alpha value is -0.590. The zero-order valence-corrected chi connectivity index (χ0v) is 11.8. The molecule has 1 fully saturated rings. The van der Waals surface area contributed by atoms with Gasteiger partial charge in [0.25, 0.3) is 0 Å². The van der Waals surface area contributed by atoms with Crippen LogP contribution in [0.4, 0.5) is 0 Å². The Morgan fingerprint density at radius 1 is 1.47 bits per heavy atom. The molecule has 2 unspecified atom stereocenters. The quantitative estimate of drug-likeness (QED) is 0.817. The second-order valence-corrected chi connectivity index (χ2v) is 6.28. The van der Waals surface area contributed by atoms with Crippen molar-refractivity contribution in [3.8, 4) is 6.07 Å². The van der Waals surface area contributed by atoms with Crippen LogP contribution in [-0.2, 0) is 0 Å². The fourth-order valence-electron chi connectivity index (χ4n) is 2.65. The van der Waals surface area contributed by atoms with Gasteiger partial charge in [0.15, 0.2) is 0 Å². The molecule has 0 aromatic carbocycles. The van der Waals surface area contributed by atoms with E-state index in [4.69, 9.17) is 11.0 Å². The van der Waals surface area contributed by atoms with Crippen LogP contribution in [-0.4, -0.2) is 29.6 Å². The Morgan fingerprint density at radius 3 is 2.41 bits per heavy atom. The molecule has 0 spiro atoms. The number of hydrogen-bond acceptors (Lipinski definition) is 3. The predicted octanol–water partition coefficient (Wildman–Crippen LogP) is 2.52. The van der Waals surface area contributed by atoms with E-state index in [9.17, 15) is 0 Å². The summed E-state index contributed by atoms with van der Waals surface area (Å²) in [6.45, 7) is 11.0. The molecule has 0 aromatic heterocycles. The van der Waals surface area contributed by atoms with Crippen molar-refractivity contribution in [2.45, 2.75) is 65.0 Å². The van der Waals surface area contributed by atoms with Crippen molar-refractivity contribution >= 4 is 0 Å². The van der Waals surface area contributed by atoms with Crippen molar-refractivity contribution in [2.24, 2.45) is 11.1 Å². The van der Waals surface area contributed by atoms with Crippen molar-refractivity contribution in [3.05, 3.63) is 0 Å². The molecule has 0 amide bonds. The second kappa shape index (κ2) is 5.37. The summed E-state index contributed by atoms with van der Waals surface area (Å²) < 4.78 is 0. The van der Waals surface area contributed by atoms with Crippen LogP contribution >= 0.6 is 0 Å². The highest BCUT2D eigenvalue weighted by Gasteiger charge is 2.32. The van der Waals surface area contributed by atoms with Gasteiger partial charge in [-0.1, -0.05) is 20.3 Å². The van der Waals surface area contributed by atoms with Crippen molar-refractivity contribution in [1.82, 2.24) is 4.90 Å². The minimum Gasteiger partial charge on any atom is -0.314 e. The summed E-state index contributed by atoms with van der Waals surface area (Å²) in [5.74, 6) is 0. The van der Waals surface area contributed by atoms with Gasteiger partial charge in [-0.05, 0) is 51.6 Å². The summed E-state index contributed by atoms with van der Waals surface area (Å²) in [6, 6.07) is 2.60. The number of rotatable bonds is 4. The van der Waals surface area contributed by atoms with E-state index in [-0.39, 0.29) is 0 Å². The fourth-order valence-corrected chi connectivity index (χ4v) is 2.65. The third-order valence-electron chi connectivity index (χ3n) is 4.46. The van der Waals surface area contributed by atoms with Gasteiger partial charge in [0.05, 0.1) is 6.07 Å². The molecule has 2 atom stereocenters. The molecule has 0 aromatic rings. The first-order valence-electron chi connectivity index (χ1n) is 6.76. The monoisotopic (exact) mass is 237 g/mol. The first-order valence-corrected chi connectivity index (χ1v) is 6.76. The molecule has 0 bridgehead atoms. The highest BCUT2D eigenvalue weighted by atomic mass is 15.2. The number of hydrogen-bond donors (Lipinski definition) is 1. The smallest absolute Gasteiger partial charge is 0.102 e. The van der Waals surface area contributed by atoms with Gasteiger partial charge >= 0.3 is 0 Å². The van der Waals surface area contributed by atoms with Crippen molar-refractivity contribution in [3.63, 3.8) is 0 Å². The summed E-state index contributed by atoms with van der Waals surface area (Å²) >= 11 is 0. The molecular weight excluding hydrogens is 210 g/mol. The molecule has 1 heterocycles. The van der Waals surface area contributed by atoms with E-state index < -0.39 is 5.54 Å². The van der Waals surface area contributed by atoms with Crippen molar-refractivity contribution < 1.29 is 0 Å². The molecule has 3 heteroatoms. The minimum absolute atomic E-state index is 0.408. The maximum atomic E-state index is 8.97. The Balaban J connectivity index is 2.47. The Kier molecular flexibility index (Phi) is 4.57. The third kappa shape index (κ3) is 3.97. The van der Waals surface area contributed by atoms with Crippen LogP contribution in [0.3, 0.4) is 0 Å². The largest absolute Gasteiger partial charge is 0.314 e. The molecule has 0 aliphatic carbocycles. The van der Waals surface area contributed by atoms with E-state index in [1.165, 1.54) is 19.3 Å². The summed E-state index contributed by atoms with van der Waals surface area (Å²) in [6.07, 6.45) is 4.55. The number of likely N-dealkylation sites (tertiary alicyclic amines) is 1. The molecule has 17 heavy (non-hydrogen) atoms. The van der Waals surface area contributed by atoms with E-state index in [1.54, 1.807) is 0 Å². The van der Waals surface area contributed by atoms with Gasteiger partial charge in [-0.15, -0.1) is 0 Å². The lowest BCUT2D eigenvalue weighted by molar-refractivity contribution is 0.0786. The van der Waals surface area contributed by atoms with E-state index >= 15 is 0 Å². The van der Waals surface area contributed by atoms with Gasteiger partial charge in [-0.25, -0.2) is 0 Å². The lowest BCUT2D eigenvalue weighted by Crippen LogP contribution is -2.47. The first kappa shape index (κ1) is 14.5. The van der Waals surface area contributed by atoms with E-state index in [1.807, 2.05) is 6.92 Å². The van der Waals surface area contributed by atoms with Gasteiger partial charge in [0.1, 0.15) is 5.54 Å². The van der Waals surface area contributed by atoms with Crippen LogP contribution in [0.15, 0.2) is 0 Å². The van der Waals surface area contributed by atoms with Crippen LogP contribution in [0, 0.1) is 16.7 Å². The first-order chi connectivity index (χ1) is 7.82. The van der Waals surface area contributed by atoms with Crippen LogP contribution in [0.1, 0.15) is 53.4 Å². The zero-order valence-electron chi connectivity index (χ0n) is 11.8. The topological polar surface area (TPSA) is 53.0 Å². The minimum atomic E-state index is -0.690. The number of nitrogens with two attached hydrogens (primary N) is 1. The van der Waals surface area contributed by atoms with Crippen LogP contribution in [0.25, 0.3) is 0 Å². The Labute approximate surface area is 106 Å². The molecule has 2 N–H and O–H groups in total. The van der Waals surface area contributed by atoms with E-state index in [0.717, 1.165) is 19.5 Å². The van der Waals surface area contributed by atoms with E-state index in [0.29, 0.717) is 11.5 Å². The van der Waals surface area contributed by atoms with Gasteiger partial charge < -0.3 is 10.6 Å². The third-order valence-corrected chi connectivity index (χ3v) is 4.46. The number of nitrogens with zero attached hydrogens (tertiary/aromatic N) is 2. The zero-order chi connectivity index (χ0) is 13.1. The van der Waals surface area contributed by atoms with Gasteiger partial charge in [0, 0.05) is 6.04 Å². The molecule has 98 valence electrons. The standard InChI is InChI=1S/C14H27N3/c1-5-13(3)6-8-17(9-7-13)12(2)10-14(4,16)11-15/h12H,5-10,16H2,1-4H3. The Morgan fingerprint density at radius 2 is 2.00 bits per heavy atom. The van der Waals surface area contributed by atoms with Crippen LogP contribution < -0.4 is 5.73 Å². The van der Waals surface area contributed by atoms with Crippen LogP contribution in [0.2, 0.25) is 0 Å². The molecule has 1 saturated heterocycles. The average Bonchev–Trinajstić information content (AvgIpc) is 2.29. The second-order valence-electron chi connectivity index (χ2n) is 6.28. The summed E-state index contributed by atoms with van der Waals surface area (Å²) in [5.41, 5.74) is 5.75. The lowest BCUT2D eigenvalue weighted by atomic mass is 9.77. The SMILES string of the molecule is CCC1(C)CCN(C(C)CC(C)(N)C#N)CC1. The molecule has 0 radical (unpaired) electrons. The number of piperidine rings is 1. The number of nitriles is 1. The highest BCUT2D eigenvalue weighted by molar-refractivity contribution is 5.03. The van der Waals surface area contributed by atoms with Gasteiger partial charge in [-0.2, -0.15) is 5.26 Å². The lowest BCUT2D eigenvalue weighted by Gasteiger charge is -2.42. The molecule has 1 aliphatic heterocycles. The van der Waals surface area contributed by atoms with E-state index in [2.05, 4.69) is 31.7 Å². The van der Waals surface area contributed by atoms with Crippen LogP contribution in [0.5, 0.6) is 0 Å². The molecule has 1 aliphatic rings. The molecule has 0 saturated carbocycles. The summed E-state index contributed by atoms with van der Waals surface area (Å²) in [7, 11) is 0. The molecule has 3 nitrogen and oxygen atoms in total. The average molecular weight is 237 g/mol.